The van der Waals surface area contributed by atoms with Crippen LogP contribution in [0.1, 0.15) is 105 Å². The van der Waals surface area contributed by atoms with Gasteiger partial charge in [-0.3, -0.25) is 14.6 Å². The maximum absolute atomic E-state index is 13.8. The van der Waals surface area contributed by atoms with Gasteiger partial charge in [-0.1, -0.05) is 64.8 Å². The van der Waals surface area contributed by atoms with E-state index in [2.05, 4.69) is 46.8 Å². The van der Waals surface area contributed by atoms with E-state index < -0.39 is 5.66 Å². The highest BCUT2D eigenvalue weighted by Crippen LogP contribution is 2.44. The summed E-state index contributed by atoms with van der Waals surface area (Å²) >= 11 is 1.75. The summed E-state index contributed by atoms with van der Waals surface area (Å²) in [6.45, 7) is 12.0. The van der Waals surface area contributed by atoms with Gasteiger partial charge in [0, 0.05) is 17.0 Å². The van der Waals surface area contributed by atoms with Crippen molar-refractivity contribution in [2.24, 2.45) is 16.3 Å². The maximum atomic E-state index is 13.8. The fourth-order valence-electron chi connectivity index (χ4n) is 5.27. The number of rotatable bonds is 11. The molecule has 4 nitrogen and oxygen atoms in total. The number of carbonyl (C=O) groups excluding carboxylic acids is 2. The number of thiophene rings is 1. The molecule has 1 aliphatic carbocycles. The van der Waals surface area contributed by atoms with Crippen molar-refractivity contribution >= 4 is 29.2 Å². The van der Waals surface area contributed by atoms with Crippen LogP contribution in [0.2, 0.25) is 0 Å². The zero-order valence-corrected chi connectivity index (χ0v) is 22.8. The highest BCUT2D eigenvalue weighted by Gasteiger charge is 2.44. The van der Waals surface area contributed by atoms with Gasteiger partial charge in [-0.25, -0.2) is 0 Å². The van der Waals surface area contributed by atoms with E-state index in [0.29, 0.717) is 29.7 Å². The minimum atomic E-state index is -0.532. The lowest BCUT2D eigenvalue weighted by atomic mass is 9.74. The van der Waals surface area contributed by atoms with Gasteiger partial charge in [0.2, 0.25) is 0 Å². The summed E-state index contributed by atoms with van der Waals surface area (Å²) in [7, 11) is 0. The monoisotopic (exact) mass is 492 g/mol. The summed E-state index contributed by atoms with van der Waals surface area (Å²) in [5.74, 6) is 1.34. The summed E-state index contributed by atoms with van der Waals surface area (Å²) in [5.41, 5.74) is 2.15. The third-order valence-electron chi connectivity index (χ3n) is 7.79. The van der Waals surface area contributed by atoms with Gasteiger partial charge in [0.15, 0.2) is 0 Å². The van der Waals surface area contributed by atoms with Crippen LogP contribution in [0.15, 0.2) is 41.4 Å². The highest BCUT2D eigenvalue weighted by molar-refractivity contribution is 7.15. The number of carbonyl (C=O) groups is 2. The fourth-order valence-corrected chi connectivity index (χ4v) is 6.43. The van der Waals surface area contributed by atoms with Gasteiger partial charge in [0.1, 0.15) is 17.7 Å². The second-order valence-corrected chi connectivity index (χ2v) is 12.7. The molecule has 2 atom stereocenters. The third kappa shape index (κ3) is 5.94. The van der Waals surface area contributed by atoms with E-state index in [1.54, 1.807) is 11.3 Å². The van der Waals surface area contributed by atoms with Gasteiger partial charge < -0.3 is 4.90 Å². The summed E-state index contributed by atoms with van der Waals surface area (Å²) in [4.78, 5) is 34.3. The van der Waals surface area contributed by atoms with E-state index in [0.717, 1.165) is 36.0 Å². The van der Waals surface area contributed by atoms with Crippen molar-refractivity contribution in [1.82, 2.24) is 4.90 Å². The predicted octanol–water partition coefficient (Wildman–Crippen LogP) is 7.27. The average Bonchev–Trinajstić information content (AvgIpc) is 3.50. The summed E-state index contributed by atoms with van der Waals surface area (Å²) < 4.78 is 0. The molecule has 2 aromatic rings. The minimum Gasteiger partial charge on any atom is -0.312 e. The Bertz CT molecular complexity index is 1070. The molecule has 5 heteroatoms. The third-order valence-corrected chi connectivity index (χ3v) is 9.04. The first-order chi connectivity index (χ1) is 16.6. The Hall–Kier alpha value is -2.27. The number of nitrogens with zero attached hydrogens (tertiary/aromatic N) is 2. The predicted molar refractivity (Wildman–Crippen MR) is 146 cm³/mol. The molecule has 1 aromatic carbocycles. The van der Waals surface area contributed by atoms with Crippen molar-refractivity contribution in [3.05, 3.63) is 57.3 Å². The normalized spacial score (nSPS) is 21.3. The van der Waals surface area contributed by atoms with Crippen molar-refractivity contribution < 1.29 is 9.59 Å². The molecule has 1 aromatic heterocycles. The van der Waals surface area contributed by atoms with Crippen LogP contribution in [0.25, 0.3) is 0 Å². The Morgan fingerprint density at radius 2 is 1.86 bits per heavy atom. The van der Waals surface area contributed by atoms with Crippen LogP contribution in [0, 0.1) is 11.3 Å². The topological polar surface area (TPSA) is 49.7 Å². The smallest absolute Gasteiger partial charge is 0.275 e. The summed E-state index contributed by atoms with van der Waals surface area (Å²) in [6, 6.07) is 12.0. The molecule has 0 spiro atoms. The van der Waals surface area contributed by atoms with Crippen molar-refractivity contribution in [1.29, 1.82) is 0 Å². The zero-order valence-electron chi connectivity index (χ0n) is 22.0. The minimum absolute atomic E-state index is 0.0593. The van der Waals surface area contributed by atoms with Gasteiger partial charge in [0.05, 0.1) is 4.88 Å². The molecular formula is C30H40N2O2S. The highest BCUT2D eigenvalue weighted by atomic mass is 32.1. The number of benzene rings is 1. The Labute approximate surface area is 214 Å². The largest absolute Gasteiger partial charge is 0.312 e. The molecule has 1 aliphatic heterocycles. The second-order valence-electron chi connectivity index (χ2n) is 11.6. The first-order valence-corrected chi connectivity index (χ1v) is 14.0. The molecule has 4 rings (SSSR count). The second kappa shape index (κ2) is 10.4. The van der Waals surface area contributed by atoms with Crippen LogP contribution >= 0.6 is 11.3 Å². The number of amides is 1. The van der Waals surface area contributed by atoms with E-state index >= 15 is 0 Å². The van der Waals surface area contributed by atoms with Crippen LogP contribution in [0.5, 0.6) is 0 Å². The Kier molecular flexibility index (Phi) is 7.65. The number of hydrogen-bond acceptors (Lipinski definition) is 4. The lowest BCUT2D eigenvalue weighted by molar-refractivity contribution is -0.127. The van der Waals surface area contributed by atoms with E-state index in [1.165, 1.54) is 30.6 Å². The number of aliphatic imine (C=N–C) groups is 1. The molecule has 188 valence electrons. The first-order valence-electron chi connectivity index (χ1n) is 13.2. The van der Waals surface area contributed by atoms with Gasteiger partial charge in [-0.05, 0) is 74.0 Å². The van der Waals surface area contributed by atoms with Crippen LogP contribution in [0.3, 0.4) is 0 Å². The summed E-state index contributed by atoms with van der Waals surface area (Å²) in [6.07, 6.45) is 8.43. The molecule has 2 unspecified atom stereocenters. The molecule has 1 fully saturated rings. The standard InChI is InChI=1S/C30H40N2O2S/c1-6-7-24(29(2,3)4)16-18-30(5)31-27(26-15-14-25(35-26)23-12-13-23)28(34)32(30)19-17-21-8-10-22(20-33)11-9-21/h8-11,14-15,20,23-24H,6-7,12-13,16-19H2,1-5H3. The van der Waals surface area contributed by atoms with Gasteiger partial charge >= 0.3 is 0 Å². The lowest BCUT2D eigenvalue weighted by Gasteiger charge is -2.37. The maximum Gasteiger partial charge on any atom is 0.275 e. The van der Waals surface area contributed by atoms with Crippen LogP contribution in [-0.2, 0) is 11.2 Å². The molecular weight excluding hydrogens is 452 g/mol. The molecule has 0 saturated heterocycles. The fraction of sp³-hybridized carbons (Fsp3) is 0.567. The lowest BCUT2D eigenvalue weighted by Crippen LogP contribution is -2.46. The van der Waals surface area contributed by atoms with Crippen molar-refractivity contribution in [3.8, 4) is 0 Å². The molecule has 0 N–H and O–H groups in total. The Morgan fingerprint density at radius 3 is 2.46 bits per heavy atom. The van der Waals surface area contributed by atoms with Gasteiger partial charge in [-0.2, -0.15) is 0 Å². The van der Waals surface area contributed by atoms with Crippen LogP contribution < -0.4 is 0 Å². The van der Waals surface area contributed by atoms with Crippen molar-refractivity contribution in [2.45, 2.75) is 91.1 Å². The molecule has 0 radical (unpaired) electrons. The van der Waals surface area contributed by atoms with Crippen LogP contribution in [0.4, 0.5) is 0 Å². The SMILES string of the molecule is CCCC(CCC1(C)N=C(c2ccc(C3CC3)s2)C(=O)N1CCc1ccc(C=O)cc1)C(C)(C)C. The molecule has 2 heterocycles. The molecule has 1 saturated carbocycles. The first kappa shape index (κ1) is 25.8. The van der Waals surface area contributed by atoms with E-state index in [-0.39, 0.29) is 11.3 Å². The summed E-state index contributed by atoms with van der Waals surface area (Å²) in [5, 5.41) is 0. The number of hydrogen-bond donors (Lipinski definition) is 0. The average molecular weight is 493 g/mol. The van der Waals surface area contributed by atoms with Crippen molar-refractivity contribution in [2.75, 3.05) is 6.54 Å². The van der Waals surface area contributed by atoms with E-state index in [1.807, 2.05) is 29.2 Å². The quantitative estimate of drug-likeness (QED) is 0.310. The van der Waals surface area contributed by atoms with E-state index in [9.17, 15) is 9.59 Å². The van der Waals surface area contributed by atoms with Gasteiger partial charge in [0.25, 0.3) is 5.91 Å². The molecule has 1 amide bonds. The molecule has 2 aliphatic rings. The molecule has 0 bridgehead atoms. The Morgan fingerprint density at radius 1 is 1.14 bits per heavy atom. The van der Waals surface area contributed by atoms with Crippen LogP contribution in [-0.4, -0.2) is 35.0 Å². The number of aldehydes is 1. The van der Waals surface area contributed by atoms with E-state index in [4.69, 9.17) is 4.99 Å². The zero-order chi connectivity index (χ0) is 25.2. The van der Waals surface area contributed by atoms with Gasteiger partial charge in [-0.15, -0.1) is 11.3 Å². The molecule has 35 heavy (non-hydrogen) atoms. The van der Waals surface area contributed by atoms with Crippen molar-refractivity contribution in [3.63, 3.8) is 0 Å². The Balaban J connectivity index is 1.56.